The van der Waals surface area contributed by atoms with E-state index in [1.54, 1.807) is 6.07 Å². The molecule has 0 unspecified atom stereocenters. The second-order valence-electron chi connectivity index (χ2n) is 5.05. The van der Waals surface area contributed by atoms with Crippen LogP contribution in [0.1, 0.15) is 35.3 Å². The zero-order valence-electron chi connectivity index (χ0n) is 11.8. The molecule has 1 N–H and O–H groups in total. The fourth-order valence-corrected chi connectivity index (χ4v) is 2.64. The van der Waals surface area contributed by atoms with Crippen molar-refractivity contribution in [2.75, 3.05) is 0 Å². The molecule has 1 heterocycles. The van der Waals surface area contributed by atoms with Gasteiger partial charge in [-0.05, 0) is 51.0 Å². The van der Waals surface area contributed by atoms with E-state index in [2.05, 4.69) is 4.98 Å². The zero-order chi connectivity index (χ0) is 15.0. The first-order valence-corrected chi connectivity index (χ1v) is 7.13. The van der Waals surface area contributed by atoms with E-state index in [1.807, 2.05) is 33.8 Å². The molecular weight excluding hydrogens is 294 g/mol. The van der Waals surface area contributed by atoms with Crippen molar-refractivity contribution >= 4 is 40.7 Å². The van der Waals surface area contributed by atoms with E-state index in [0.29, 0.717) is 20.8 Å². The van der Waals surface area contributed by atoms with Crippen LogP contribution in [0.2, 0.25) is 5.02 Å². The molecule has 0 radical (unpaired) electrons. The number of aryl methyl sites for hydroxylation is 1. The first kappa shape index (κ1) is 15.0. The second kappa shape index (κ2) is 5.54. The molecule has 0 amide bonds. The fourth-order valence-electron chi connectivity index (χ4n) is 2.17. The van der Waals surface area contributed by atoms with Crippen LogP contribution in [0.25, 0.3) is 10.9 Å². The Balaban J connectivity index is 2.83. The molecule has 0 bridgehead atoms. The third kappa shape index (κ3) is 2.72. The number of esters is 1. The van der Waals surface area contributed by atoms with E-state index in [0.717, 1.165) is 16.5 Å². The molecule has 0 aliphatic carbocycles. The number of aromatic nitrogens is 1. The maximum absolute atomic E-state index is 12.3. The van der Waals surface area contributed by atoms with Gasteiger partial charge in [-0.3, -0.25) is 0 Å². The smallest absolute Gasteiger partial charge is 0.339 e. The van der Waals surface area contributed by atoms with Crippen LogP contribution in [-0.4, -0.2) is 17.1 Å². The molecule has 0 saturated heterocycles. The normalized spacial score (nSPS) is 11.1. The van der Waals surface area contributed by atoms with E-state index in [9.17, 15) is 4.79 Å². The quantitative estimate of drug-likeness (QED) is 0.644. The van der Waals surface area contributed by atoms with Crippen molar-refractivity contribution < 1.29 is 9.53 Å². The topological polar surface area (TPSA) is 42.1 Å². The van der Waals surface area contributed by atoms with Gasteiger partial charge in [0.1, 0.15) is 4.64 Å². The number of fused-ring (bicyclic) bond motifs is 1. The number of ether oxygens (including phenoxy) is 1. The summed E-state index contributed by atoms with van der Waals surface area (Å²) in [7, 11) is 0. The Bertz CT molecular complexity index is 750. The molecule has 0 saturated carbocycles. The molecule has 0 fully saturated rings. The molecule has 0 aliphatic rings. The van der Waals surface area contributed by atoms with Crippen molar-refractivity contribution in [3.8, 4) is 0 Å². The van der Waals surface area contributed by atoms with Gasteiger partial charge in [0.05, 0.1) is 17.2 Å². The lowest BCUT2D eigenvalue weighted by Gasteiger charge is -2.14. The molecule has 2 rings (SSSR count). The van der Waals surface area contributed by atoms with Crippen molar-refractivity contribution in [1.82, 2.24) is 4.98 Å². The second-order valence-corrected chi connectivity index (χ2v) is 5.90. The van der Waals surface area contributed by atoms with Gasteiger partial charge in [-0.25, -0.2) is 4.79 Å². The van der Waals surface area contributed by atoms with E-state index in [1.165, 1.54) is 0 Å². The Kier molecular flexibility index (Phi) is 4.16. The van der Waals surface area contributed by atoms with Crippen molar-refractivity contribution in [3.05, 3.63) is 38.5 Å². The summed E-state index contributed by atoms with van der Waals surface area (Å²) in [5, 5.41) is 1.32. The molecule has 2 aromatic rings. The van der Waals surface area contributed by atoms with E-state index >= 15 is 0 Å². The highest BCUT2D eigenvalue weighted by Crippen LogP contribution is 2.28. The fraction of sp³-hybridized carbons (Fsp3) is 0.333. The monoisotopic (exact) mass is 309 g/mol. The predicted molar refractivity (Wildman–Crippen MR) is 84.2 cm³/mol. The van der Waals surface area contributed by atoms with Crippen LogP contribution in [0.5, 0.6) is 0 Å². The molecule has 0 spiro atoms. The van der Waals surface area contributed by atoms with Gasteiger partial charge in [-0.15, -0.1) is 0 Å². The Labute approximate surface area is 127 Å². The molecule has 1 aromatic heterocycles. The van der Waals surface area contributed by atoms with Gasteiger partial charge >= 0.3 is 5.97 Å². The molecular formula is C15H16ClNO2S. The van der Waals surface area contributed by atoms with Gasteiger partial charge in [-0.2, -0.15) is 0 Å². The number of rotatable bonds is 2. The lowest BCUT2D eigenvalue weighted by Crippen LogP contribution is -2.14. The number of benzene rings is 1. The van der Waals surface area contributed by atoms with E-state index < -0.39 is 0 Å². The van der Waals surface area contributed by atoms with Crippen LogP contribution in [0.3, 0.4) is 0 Å². The number of hydrogen-bond donors (Lipinski definition) is 1. The number of nitrogens with one attached hydrogen (secondary N) is 1. The highest BCUT2D eigenvalue weighted by molar-refractivity contribution is 7.71. The van der Waals surface area contributed by atoms with Gasteiger partial charge in [-0.1, -0.05) is 23.8 Å². The third-order valence-electron chi connectivity index (χ3n) is 3.07. The minimum absolute atomic E-state index is 0.185. The highest BCUT2D eigenvalue weighted by atomic mass is 35.5. The number of H-pyrrole nitrogens is 1. The minimum atomic E-state index is -0.371. The number of aromatic amines is 1. The Morgan fingerprint density at radius 1 is 1.35 bits per heavy atom. The average Bonchev–Trinajstić information content (AvgIpc) is 2.31. The van der Waals surface area contributed by atoms with Crippen LogP contribution in [0.15, 0.2) is 12.1 Å². The summed E-state index contributed by atoms with van der Waals surface area (Å²) in [6.45, 7) is 7.37. The average molecular weight is 310 g/mol. The first-order valence-electron chi connectivity index (χ1n) is 6.35. The van der Waals surface area contributed by atoms with Crippen LogP contribution in [0, 0.1) is 18.5 Å². The molecule has 5 heteroatoms. The standard InChI is InChI=1S/C15H16ClNO2S/c1-7(2)19-15(18)12-9(4)14(20)17-13-8(3)5-10(16)6-11(12)13/h5-7H,1-4H3,(H,17,20). The molecule has 20 heavy (non-hydrogen) atoms. The van der Waals surface area contributed by atoms with Gasteiger partial charge in [0, 0.05) is 10.4 Å². The molecule has 1 aromatic carbocycles. The summed E-state index contributed by atoms with van der Waals surface area (Å²) >= 11 is 11.4. The van der Waals surface area contributed by atoms with E-state index in [4.69, 9.17) is 28.6 Å². The SMILES string of the molecule is Cc1c(C(=O)OC(C)C)c2cc(Cl)cc(C)c2[nH]c1=S. The minimum Gasteiger partial charge on any atom is -0.459 e. The summed E-state index contributed by atoms with van der Waals surface area (Å²) in [6.07, 6.45) is -0.185. The number of carbonyl (C=O) groups is 1. The summed E-state index contributed by atoms with van der Waals surface area (Å²) in [5.74, 6) is -0.371. The Morgan fingerprint density at radius 2 is 2.00 bits per heavy atom. The zero-order valence-corrected chi connectivity index (χ0v) is 13.4. The highest BCUT2D eigenvalue weighted by Gasteiger charge is 2.18. The van der Waals surface area contributed by atoms with Crippen LogP contribution >= 0.6 is 23.8 Å². The summed E-state index contributed by atoms with van der Waals surface area (Å²) in [5.41, 5.74) is 2.96. The third-order valence-corrected chi connectivity index (χ3v) is 3.70. The van der Waals surface area contributed by atoms with Crippen LogP contribution < -0.4 is 0 Å². The van der Waals surface area contributed by atoms with E-state index in [-0.39, 0.29) is 12.1 Å². The molecule has 0 aliphatic heterocycles. The van der Waals surface area contributed by atoms with Crippen LogP contribution in [-0.2, 0) is 4.74 Å². The van der Waals surface area contributed by atoms with Crippen molar-refractivity contribution in [2.24, 2.45) is 0 Å². The lowest BCUT2D eigenvalue weighted by atomic mass is 10.0. The maximum Gasteiger partial charge on any atom is 0.339 e. The first-order chi connectivity index (χ1) is 9.31. The summed E-state index contributed by atoms with van der Waals surface area (Å²) < 4.78 is 5.86. The van der Waals surface area contributed by atoms with Crippen LogP contribution in [0.4, 0.5) is 0 Å². The van der Waals surface area contributed by atoms with Gasteiger partial charge in [0.2, 0.25) is 0 Å². The van der Waals surface area contributed by atoms with Gasteiger partial charge in [0.15, 0.2) is 0 Å². The summed E-state index contributed by atoms with van der Waals surface area (Å²) in [4.78, 5) is 15.5. The van der Waals surface area contributed by atoms with Crippen molar-refractivity contribution in [3.63, 3.8) is 0 Å². The molecule has 0 atom stereocenters. The predicted octanol–water partition coefficient (Wildman–Crippen LogP) is 4.73. The number of halogens is 1. The Morgan fingerprint density at radius 3 is 2.60 bits per heavy atom. The Hall–Kier alpha value is -1.39. The van der Waals surface area contributed by atoms with Crippen molar-refractivity contribution in [2.45, 2.75) is 33.8 Å². The molecule has 3 nitrogen and oxygen atoms in total. The van der Waals surface area contributed by atoms with Gasteiger partial charge < -0.3 is 9.72 Å². The number of pyridine rings is 1. The molecule has 106 valence electrons. The largest absolute Gasteiger partial charge is 0.459 e. The maximum atomic E-state index is 12.3. The number of hydrogen-bond acceptors (Lipinski definition) is 3. The lowest BCUT2D eigenvalue weighted by molar-refractivity contribution is 0.0379. The van der Waals surface area contributed by atoms with Gasteiger partial charge in [0.25, 0.3) is 0 Å². The van der Waals surface area contributed by atoms with Crippen molar-refractivity contribution in [1.29, 1.82) is 0 Å². The number of carbonyl (C=O) groups excluding carboxylic acids is 1. The summed E-state index contributed by atoms with van der Waals surface area (Å²) in [6, 6.07) is 3.60.